The number of fused-ring (bicyclic) bond motifs is 3. The summed E-state index contributed by atoms with van der Waals surface area (Å²) in [5, 5.41) is 3.35. The molecule has 0 aliphatic rings. The summed E-state index contributed by atoms with van der Waals surface area (Å²) in [6.07, 6.45) is 5.09. The molecule has 2 aromatic carbocycles. The zero-order valence-corrected chi connectivity index (χ0v) is 11.7. The number of benzene rings is 2. The fraction of sp³-hybridized carbons (Fsp3) is 0.111. The van der Waals surface area contributed by atoms with Gasteiger partial charge in [-0.1, -0.05) is 30.3 Å². The van der Waals surface area contributed by atoms with Crippen molar-refractivity contribution in [3.8, 4) is 0 Å². The van der Waals surface area contributed by atoms with E-state index in [1.54, 1.807) is 13.0 Å². The molecule has 1 heterocycles. The molecule has 0 unspecified atom stereocenters. The molecule has 3 heteroatoms. The van der Waals surface area contributed by atoms with E-state index in [-0.39, 0.29) is 5.97 Å². The highest BCUT2D eigenvalue weighted by atomic mass is 16.5. The van der Waals surface area contributed by atoms with Crippen LogP contribution in [0.2, 0.25) is 0 Å². The molecule has 0 saturated heterocycles. The lowest BCUT2D eigenvalue weighted by Gasteiger charge is -2.04. The summed E-state index contributed by atoms with van der Waals surface area (Å²) in [5.41, 5.74) is 1.90. The topological polar surface area (TPSA) is 39.2 Å². The molecular weight excluding hydrogens is 262 g/mol. The molecule has 3 rings (SSSR count). The fourth-order valence-electron chi connectivity index (χ4n) is 2.33. The highest BCUT2D eigenvalue weighted by molar-refractivity contribution is 6.06. The Kier molecular flexibility index (Phi) is 3.65. The Morgan fingerprint density at radius 1 is 1.19 bits per heavy atom. The maximum atomic E-state index is 11.4. The highest BCUT2D eigenvalue weighted by Gasteiger charge is 2.02. The lowest BCUT2D eigenvalue weighted by atomic mass is 10.0. The van der Waals surface area contributed by atoms with E-state index in [9.17, 15) is 4.79 Å². The third kappa shape index (κ3) is 2.77. The van der Waals surface area contributed by atoms with Gasteiger partial charge in [0.2, 0.25) is 0 Å². The molecule has 0 fully saturated rings. The Morgan fingerprint density at radius 3 is 2.90 bits per heavy atom. The van der Waals surface area contributed by atoms with Crippen LogP contribution in [0.15, 0.2) is 54.7 Å². The Morgan fingerprint density at radius 2 is 2.05 bits per heavy atom. The molecule has 21 heavy (non-hydrogen) atoms. The van der Waals surface area contributed by atoms with Gasteiger partial charge in [-0.15, -0.1) is 0 Å². The molecule has 0 radical (unpaired) electrons. The van der Waals surface area contributed by atoms with E-state index in [0.717, 1.165) is 27.2 Å². The minimum absolute atomic E-state index is 0.325. The predicted molar refractivity (Wildman–Crippen MR) is 84.9 cm³/mol. The molecule has 0 amide bonds. The summed E-state index contributed by atoms with van der Waals surface area (Å²) in [6.45, 7) is 2.18. The van der Waals surface area contributed by atoms with E-state index in [1.807, 2.05) is 42.6 Å². The van der Waals surface area contributed by atoms with Crippen LogP contribution in [-0.4, -0.2) is 17.6 Å². The van der Waals surface area contributed by atoms with Gasteiger partial charge in [-0.05, 0) is 36.1 Å². The van der Waals surface area contributed by atoms with Crippen LogP contribution in [0.1, 0.15) is 12.5 Å². The normalized spacial score (nSPS) is 11.3. The van der Waals surface area contributed by atoms with E-state index in [1.165, 1.54) is 6.08 Å². The van der Waals surface area contributed by atoms with Gasteiger partial charge in [-0.2, -0.15) is 0 Å². The third-order valence-electron chi connectivity index (χ3n) is 3.31. The van der Waals surface area contributed by atoms with Crippen molar-refractivity contribution in [2.75, 3.05) is 6.61 Å². The van der Waals surface area contributed by atoms with E-state index in [4.69, 9.17) is 4.74 Å². The van der Waals surface area contributed by atoms with Crippen molar-refractivity contribution in [1.82, 2.24) is 4.98 Å². The largest absolute Gasteiger partial charge is 0.463 e. The van der Waals surface area contributed by atoms with Gasteiger partial charge in [0.05, 0.1) is 12.1 Å². The second-order valence-corrected chi connectivity index (χ2v) is 4.71. The van der Waals surface area contributed by atoms with Crippen molar-refractivity contribution in [3.63, 3.8) is 0 Å². The zero-order valence-electron chi connectivity index (χ0n) is 11.7. The zero-order chi connectivity index (χ0) is 14.7. The molecule has 3 aromatic rings. The van der Waals surface area contributed by atoms with Gasteiger partial charge >= 0.3 is 5.97 Å². The van der Waals surface area contributed by atoms with Crippen LogP contribution in [0.5, 0.6) is 0 Å². The number of nitrogens with zero attached hydrogens (tertiary/aromatic N) is 1. The third-order valence-corrected chi connectivity index (χ3v) is 3.31. The molecule has 0 N–H and O–H groups in total. The fourth-order valence-corrected chi connectivity index (χ4v) is 2.33. The van der Waals surface area contributed by atoms with Crippen LogP contribution >= 0.6 is 0 Å². The molecule has 0 aliphatic heterocycles. The first-order valence-electron chi connectivity index (χ1n) is 6.90. The van der Waals surface area contributed by atoms with Gasteiger partial charge < -0.3 is 4.74 Å². The Bertz CT molecular complexity index is 837. The lowest BCUT2D eigenvalue weighted by Crippen LogP contribution is -1.98. The van der Waals surface area contributed by atoms with Gasteiger partial charge in [-0.25, -0.2) is 4.79 Å². The average molecular weight is 277 g/mol. The standard InChI is InChI=1S/C18H15NO2/c1-2-21-18(20)10-8-13-7-9-17-16(11-13)15-6-4-3-5-14(15)12-19-17/h3-12H,2H2,1H3/b10-8+. The summed E-state index contributed by atoms with van der Waals surface area (Å²) >= 11 is 0. The first-order valence-corrected chi connectivity index (χ1v) is 6.90. The van der Waals surface area contributed by atoms with E-state index in [0.29, 0.717) is 6.61 Å². The molecule has 0 atom stereocenters. The van der Waals surface area contributed by atoms with Crippen LogP contribution in [0.4, 0.5) is 0 Å². The number of carbonyl (C=O) groups is 1. The summed E-state index contributed by atoms with van der Waals surface area (Å²) in [4.78, 5) is 15.8. The van der Waals surface area contributed by atoms with Crippen LogP contribution in [-0.2, 0) is 9.53 Å². The summed E-state index contributed by atoms with van der Waals surface area (Å²) in [6, 6.07) is 14.1. The van der Waals surface area contributed by atoms with Crippen LogP contribution in [0.25, 0.3) is 27.8 Å². The number of aromatic nitrogens is 1. The van der Waals surface area contributed by atoms with Crippen LogP contribution in [0.3, 0.4) is 0 Å². The Labute approximate surface area is 122 Å². The van der Waals surface area contributed by atoms with Crippen molar-refractivity contribution in [2.24, 2.45) is 0 Å². The van der Waals surface area contributed by atoms with Gasteiger partial charge in [-0.3, -0.25) is 4.98 Å². The second-order valence-electron chi connectivity index (χ2n) is 4.71. The number of rotatable bonds is 3. The number of ether oxygens (including phenoxy) is 1. The molecule has 0 saturated carbocycles. The van der Waals surface area contributed by atoms with Crippen molar-refractivity contribution in [1.29, 1.82) is 0 Å². The Hall–Kier alpha value is -2.68. The number of esters is 1. The molecule has 0 spiro atoms. The Balaban J connectivity index is 2.06. The molecule has 1 aromatic heterocycles. The second kappa shape index (κ2) is 5.75. The van der Waals surface area contributed by atoms with Crippen molar-refractivity contribution < 1.29 is 9.53 Å². The molecule has 0 aliphatic carbocycles. The molecule has 3 nitrogen and oxygen atoms in total. The van der Waals surface area contributed by atoms with Crippen LogP contribution < -0.4 is 0 Å². The van der Waals surface area contributed by atoms with Gasteiger partial charge in [0.1, 0.15) is 0 Å². The molecular formula is C18H15NO2. The van der Waals surface area contributed by atoms with Crippen molar-refractivity contribution in [2.45, 2.75) is 6.92 Å². The number of carbonyl (C=O) groups excluding carboxylic acids is 1. The quantitative estimate of drug-likeness (QED) is 0.413. The van der Waals surface area contributed by atoms with Gasteiger partial charge in [0.15, 0.2) is 0 Å². The highest BCUT2D eigenvalue weighted by Crippen LogP contribution is 2.24. The van der Waals surface area contributed by atoms with Crippen molar-refractivity contribution in [3.05, 3.63) is 60.3 Å². The summed E-state index contributed by atoms with van der Waals surface area (Å²) in [7, 11) is 0. The van der Waals surface area contributed by atoms with Gasteiger partial charge in [0.25, 0.3) is 0 Å². The average Bonchev–Trinajstić information content (AvgIpc) is 2.53. The SMILES string of the molecule is CCOC(=O)/C=C/c1ccc2ncc3ccccc3c2c1. The van der Waals surface area contributed by atoms with Gasteiger partial charge in [0, 0.05) is 23.0 Å². The lowest BCUT2D eigenvalue weighted by molar-refractivity contribution is -0.137. The molecule has 0 bridgehead atoms. The number of pyridine rings is 1. The smallest absolute Gasteiger partial charge is 0.330 e. The minimum atomic E-state index is -0.325. The van der Waals surface area contributed by atoms with E-state index in [2.05, 4.69) is 11.1 Å². The monoisotopic (exact) mass is 277 g/mol. The maximum absolute atomic E-state index is 11.4. The first kappa shape index (κ1) is 13.3. The summed E-state index contributed by atoms with van der Waals surface area (Å²) in [5.74, 6) is -0.325. The van der Waals surface area contributed by atoms with Crippen molar-refractivity contribution >= 4 is 33.7 Å². The predicted octanol–water partition coefficient (Wildman–Crippen LogP) is 3.96. The van der Waals surface area contributed by atoms with E-state index < -0.39 is 0 Å². The minimum Gasteiger partial charge on any atom is -0.463 e. The maximum Gasteiger partial charge on any atom is 0.330 e. The number of hydrogen-bond donors (Lipinski definition) is 0. The molecule has 104 valence electrons. The number of hydrogen-bond acceptors (Lipinski definition) is 3. The summed E-state index contributed by atoms with van der Waals surface area (Å²) < 4.78 is 4.88. The van der Waals surface area contributed by atoms with Crippen LogP contribution in [0, 0.1) is 0 Å². The van der Waals surface area contributed by atoms with E-state index >= 15 is 0 Å². The first-order chi connectivity index (χ1) is 10.3.